The zero-order chi connectivity index (χ0) is 19.5. The van der Waals surface area contributed by atoms with Gasteiger partial charge in [-0.3, -0.25) is 9.59 Å². The Morgan fingerprint density at radius 2 is 1.82 bits per heavy atom. The lowest BCUT2D eigenvalue weighted by Gasteiger charge is -2.21. The van der Waals surface area contributed by atoms with Crippen molar-refractivity contribution in [3.8, 4) is 0 Å². The van der Waals surface area contributed by atoms with Gasteiger partial charge >= 0.3 is 0 Å². The Balaban J connectivity index is 1.40. The van der Waals surface area contributed by atoms with Crippen LogP contribution in [-0.2, 0) is 11.3 Å². The van der Waals surface area contributed by atoms with Gasteiger partial charge in [-0.15, -0.1) is 0 Å². The average Bonchev–Trinajstić information content (AvgIpc) is 3.59. The highest BCUT2D eigenvalue weighted by atomic mass is 16.2. The number of rotatable bonds is 7. The van der Waals surface area contributed by atoms with E-state index in [1.54, 1.807) is 6.08 Å². The third-order valence-corrected chi connectivity index (χ3v) is 5.21. The average molecular weight is 374 g/mol. The van der Waals surface area contributed by atoms with Crippen LogP contribution < -0.4 is 5.32 Å². The Labute approximate surface area is 166 Å². The fourth-order valence-corrected chi connectivity index (χ4v) is 3.26. The summed E-state index contributed by atoms with van der Waals surface area (Å²) in [6, 6.07) is 16.4. The van der Waals surface area contributed by atoms with Crippen molar-refractivity contribution in [2.24, 2.45) is 0 Å². The minimum Gasteiger partial charge on any atom is -0.349 e. The molecule has 2 aliphatic carbocycles. The van der Waals surface area contributed by atoms with E-state index in [1.165, 1.54) is 5.56 Å². The first-order valence-corrected chi connectivity index (χ1v) is 10.0. The summed E-state index contributed by atoms with van der Waals surface area (Å²) in [5, 5.41) is 3.00. The van der Waals surface area contributed by atoms with Gasteiger partial charge in [-0.1, -0.05) is 42.0 Å². The van der Waals surface area contributed by atoms with Gasteiger partial charge in [-0.25, -0.2) is 0 Å². The first kappa shape index (κ1) is 18.5. The summed E-state index contributed by atoms with van der Waals surface area (Å²) in [5.74, 6) is 0.0322. The van der Waals surface area contributed by atoms with E-state index in [0.29, 0.717) is 24.2 Å². The van der Waals surface area contributed by atoms with Gasteiger partial charge in [0.25, 0.3) is 5.91 Å². The smallest absolute Gasteiger partial charge is 0.251 e. The Kier molecular flexibility index (Phi) is 5.29. The second-order valence-corrected chi connectivity index (χ2v) is 7.89. The molecule has 0 aromatic heterocycles. The molecular formula is C24H26N2O2. The first-order chi connectivity index (χ1) is 13.6. The second kappa shape index (κ2) is 8.01. The summed E-state index contributed by atoms with van der Waals surface area (Å²) in [4.78, 5) is 26.8. The van der Waals surface area contributed by atoms with E-state index < -0.39 is 0 Å². The molecule has 2 fully saturated rings. The quantitative estimate of drug-likeness (QED) is 0.742. The van der Waals surface area contributed by atoms with E-state index in [9.17, 15) is 9.59 Å². The fraction of sp³-hybridized carbons (Fsp3) is 0.333. The van der Waals surface area contributed by atoms with Crippen molar-refractivity contribution < 1.29 is 9.59 Å². The largest absolute Gasteiger partial charge is 0.349 e. The summed E-state index contributed by atoms with van der Waals surface area (Å²) in [6.07, 6.45) is 7.84. The van der Waals surface area contributed by atoms with Gasteiger partial charge < -0.3 is 10.2 Å². The minimum atomic E-state index is -0.00902. The predicted octanol–water partition coefficient (Wildman–Crippen LogP) is 4.09. The molecule has 1 N–H and O–H groups in total. The maximum atomic E-state index is 12.8. The van der Waals surface area contributed by atoms with E-state index in [4.69, 9.17) is 0 Å². The van der Waals surface area contributed by atoms with Gasteiger partial charge in [0.15, 0.2) is 0 Å². The van der Waals surface area contributed by atoms with Crippen LogP contribution in [0, 0.1) is 6.92 Å². The summed E-state index contributed by atoms with van der Waals surface area (Å²) >= 11 is 0. The number of nitrogens with one attached hydrogen (secondary N) is 1. The van der Waals surface area contributed by atoms with Crippen LogP contribution in [0.4, 0.5) is 0 Å². The van der Waals surface area contributed by atoms with Gasteiger partial charge in [0.2, 0.25) is 5.91 Å². The first-order valence-electron chi connectivity index (χ1n) is 10.0. The van der Waals surface area contributed by atoms with Gasteiger partial charge in [0, 0.05) is 30.3 Å². The summed E-state index contributed by atoms with van der Waals surface area (Å²) in [7, 11) is 0. The summed E-state index contributed by atoms with van der Waals surface area (Å²) in [6.45, 7) is 2.62. The van der Waals surface area contributed by atoms with Crippen LogP contribution in [0.1, 0.15) is 52.7 Å². The fourth-order valence-electron chi connectivity index (χ4n) is 3.26. The third-order valence-electron chi connectivity index (χ3n) is 5.21. The van der Waals surface area contributed by atoms with Crippen LogP contribution in [0.2, 0.25) is 0 Å². The molecule has 2 amide bonds. The van der Waals surface area contributed by atoms with Crippen LogP contribution >= 0.6 is 0 Å². The Morgan fingerprint density at radius 1 is 1.07 bits per heavy atom. The standard InChI is InChI=1S/C24H26N2O2/c1-17-3-2-4-18(15-17)7-14-23(27)26(22-12-13-22)16-19-5-8-20(9-6-19)24(28)25-21-10-11-21/h2-9,14-15,21-22H,10-13,16H2,1H3,(H,25,28)/b14-7+. The van der Waals surface area contributed by atoms with Crippen LogP contribution in [-0.4, -0.2) is 28.8 Å². The Morgan fingerprint density at radius 3 is 2.46 bits per heavy atom. The highest BCUT2D eigenvalue weighted by Gasteiger charge is 2.31. The molecule has 0 spiro atoms. The zero-order valence-electron chi connectivity index (χ0n) is 16.2. The Hall–Kier alpha value is -2.88. The predicted molar refractivity (Wildman–Crippen MR) is 111 cm³/mol. The van der Waals surface area contributed by atoms with Gasteiger partial charge in [0.1, 0.15) is 0 Å². The van der Waals surface area contributed by atoms with E-state index in [1.807, 2.05) is 60.4 Å². The number of carbonyl (C=O) groups is 2. The molecule has 2 aromatic carbocycles. The highest BCUT2D eigenvalue weighted by Crippen LogP contribution is 2.29. The molecule has 144 valence electrons. The van der Waals surface area contributed by atoms with E-state index in [-0.39, 0.29) is 11.8 Å². The number of nitrogens with zero attached hydrogens (tertiary/aromatic N) is 1. The molecule has 0 saturated heterocycles. The molecule has 4 nitrogen and oxygen atoms in total. The summed E-state index contributed by atoms with van der Waals surface area (Å²) in [5.41, 5.74) is 3.95. The number of hydrogen-bond acceptors (Lipinski definition) is 2. The van der Waals surface area contributed by atoms with Crippen LogP contribution in [0.15, 0.2) is 54.6 Å². The lowest BCUT2D eigenvalue weighted by atomic mass is 10.1. The topological polar surface area (TPSA) is 49.4 Å². The molecule has 2 saturated carbocycles. The molecule has 0 atom stereocenters. The maximum absolute atomic E-state index is 12.8. The van der Waals surface area contributed by atoms with Crippen molar-refractivity contribution in [1.29, 1.82) is 0 Å². The van der Waals surface area contributed by atoms with E-state index in [0.717, 1.165) is 36.8 Å². The number of aryl methyl sites for hydroxylation is 1. The third kappa shape index (κ3) is 4.89. The SMILES string of the molecule is Cc1cccc(/C=C/C(=O)N(Cc2ccc(C(=O)NC3CC3)cc2)C2CC2)c1. The van der Waals surface area contributed by atoms with Crippen molar-refractivity contribution >= 4 is 17.9 Å². The maximum Gasteiger partial charge on any atom is 0.251 e. The molecule has 0 bridgehead atoms. The molecule has 2 aliphatic rings. The van der Waals surface area contributed by atoms with E-state index >= 15 is 0 Å². The minimum absolute atomic E-state index is 0.00902. The number of benzene rings is 2. The molecule has 4 rings (SSSR count). The van der Waals surface area contributed by atoms with Crippen LogP contribution in [0.25, 0.3) is 6.08 Å². The zero-order valence-corrected chi connectivity index (χ0v) is 16.2. The Bertz CT molecular complexity index is 893. The van der Waals surface area contributed by atoms with Gasteiger partial charge in [-0.05, 0) is 61.9 Å². The lowest BCUT2D eigenvalue weighted by molar-refractivity contribution is -0.127. The van der Waals surface area contributed by atoms with E-state index in [2.05, 4.69) is 11.4 Å². The van der Waals surface area contributed by atoms with Gasteiger partial charge in [-0.2, -0.15) is 0 Å². The molecule has 2 aromatic rings. The van der Waals surface area contributed by atoms with Crippen molar-refractivity contribution in [1.82, 2.24) is 10.2 Å². The molecule has 0 heterocycles. The van der Waals surface area contributed by atoms with Crippen molar-refractivity contribution in [3.63, 3.8) is 0 Å². The van der Waals surface area contributed by atoms with Crippen molar-refractivity contribution in [3.05, 3.63) is 76.9 Å². The number of carbonyl (C=O) groups excluding carboxylic acids is 2. The number of amides is 2. The second-order valence-electron chi connectivity index (χ2n) is 7.89. The monoisotopic (exact) mass is 374 g/mol. The molecule has 0 aliphatic heterocycles. The molecule has 28 heavy (non-hydrogen) atoms. The molecule has 4 heteroatoms. The van der Waals surface area contributed by atoms with Gasteiger partial charge in [0.05, 0.1) is 0 Å². The van der Waals surface area contributed by atoms with Crippen LogP contribution in [0.5, 0.6) is 0 Å². The molecular weight excluding hydrogens is 348 g/mol. The lowest BCUT2D eigenvalue weighted by Crippen LogP contribution is -2.31. The molecule has 0 unspecified atom stereocenters. The van der Waals surface area contributed by atoms with Crippen LogP contribution in [0.3, 0.4) is 0 Å². The highest BCUT2D eigenvalue weighted by molar-refractivity contribution is 5.94. The number of hydrogen-bond donors (Lipinski definition) is 1. The summed E-state index contributed by atoms with van der Waals surface area (Å²) < 4.78 is 0. The normalized spacial score (nSPS) is 16.2. The molecule has 0 radical (unpaired) electrons. The van der Waals surface area contributed by atoms with Crippen molar-refractivity contribution in [2.45, 2.75) is 51.2 Å². The van der Waals surface area contributed by atoms with Crippen molar-refractivity contribution in [2.75, 3.05) is 0 Å².